The third-order valence-electron chi connectivity index (χ3n) is 3.93. The summed E-state index contributed by atoms with van der Waals surface area (Å²) in [6.07, 6.45) is 4.49. The highest BCUT2D eigenvalue weighted by atomic mass is 79.9. The predicted octanol–water partition coefficient (Wildman–Crippen LogP) is 4.62. The van der Waals surface area contributed by atoms with E-state index in [2.05, 4.69) is 74.5 Å². The molecule has 0 spiro atoms. The third-order valence-corrected chi connectivity index (χ3v) is 4.46. The van der Waals surface area contributed by atoms with Crippen molar-refractivity contribution in [2.75, 3.05) is 23.3 Å². The molecule has 0 radical (unpaired) electrons. The lowest BCUT2D eigenvalue weighted by molar-refractivity contribution is 0.880. The number of hydrogen-bond donors (Lipinski definition) is 1. The molecule has 0 saturated carbocycles. The number of aromatic nitrogens is 1. The molecule has 1 aliphatic heterocycles. The SMILES string of the molecule is CC(Nc1ccc(N2CCCC2)nc1)c1ccc(Br)cc1. The molecule has 21 heavy (non-hydrogen) atoms. The topological polar surface area (TPSA) is 28.2 Å². The molecule has 1 aromatic carbocycles. The van der Waals surface area contributed by atoms with E-state index >= 15 is 0 Å². The highest BCUT2D eigenvalue weighted by Crippen LogP contribution is 2.23. The van der Waals surface area contributed by atoms with Gasteiger partial charge in [-0.15, -0.1) is 0 Å². The third kappa shape index (κ3) is 3.56. The van der Waals surface area contributed by atoms with Gasteiger partial charge in [-0.25, -0.2) is 4.98 Å². The summed E-state index contributed by atoms with van der Waals surface area (Å²) in [6, 6.07) is 12.9. The Morgan fingerprint density at radius 1 is 1.10 bits per heavy atom. The molecule has 1 saturated heterocycles. The van der Waals surface area contributed by atoms with Crippen molar-refractivity contribution in [1.29, 1.82) is 0 Å². The first-order chi connectivity index (χ1) is 10.2. The summed E-state index contributed by atoms with van der Waals surface area (Å²) in [5.74, 6) is 1.09. The summed E-state index contributed by atoms with van der Waals surface area (Å²) in [7, 11) is 0. The van der Waals surface area contributed by atoms with Crippen LogP contribution in [-0.2, 0) is 0 Å². The second kappa shape index (κ2) is 6.48. The highest BCUT2D eigenvalue weighted by molar-refractivity contribution is 9.10. The summed E-state index contributed by atoms with van der Waals surface area (Å²) in [4.78, 5) is 6.93. The molecule has 110 valence electrons. The van der Waals surface area contributed by atoms with E-state index in [1.165, 1.54) is 18.4 Å². The van der Waals surface area contributed by atoms with Gasteiger partial charge in [-0.2, -0.15) is 0 Å². The smallest absolute Gasteiger partial charge is 0.128 e. The first kappa shape index (κ1) is 14.4. The monoisotopic (exact) mass is 345 g/mol. The molecule has 0 aliphatic carbocycles. The van der Waals surface area contributed by atoms with Crippen molar-refractivity contribution in [3.63, 3.8) is 0 Å². The van der Waals surface area contributed by atoms with Crippen LogP contribution in [0, 0.1) is 0 Å². The fraction of sp³-hybridized carbons (Fsp3) is 0.353. The number of rotatable bonds is 4. The second-order valence-corrected chi connectivity index (χ2v) is 6.43. The number of pyridine rings is 1. The van der Waals surface area contributed by atoms with Crippen LogP contribution in [0.1, 0.15) is 31.4 Å². The minimum atomic E-state index is 0.262. The fourth-order valence-electron chi connectivity index (χ4n) is 2.69. The number of nitrogens with one attached hydrogen (secondary N) is 1. The maximum atomic E-state index is 4.58. The van der Waals surface area contributed by atoms with E-state index in [0.29, 0.717) is 0 Å². The molecule has 4 heteroatoms. The Bertz CT molecular complexity index is 574. The predicted molar refractivity (Wildman–Crippen MR) is 91.9 cm³/mol. The van der Waals surface area contributed by atoms with Crippen LogP contribution in [0.5, 0.6) is 0 Å². The molecule has 1 atom stereocenters. The van der Waals surface area contributed by atoms with Crippen molar-refractivity contribution in [2.45, 2.75) is 25.8 Å². The average Bonchev–Trinajstić information content (AvgIpc) is 3.03. The quantitative estimate of drug-likeness (QED) is 0.876. The van der Waals surface area contributed by atoms with Gasteiger partial charge < -0.3 is 10.2 Å². The zero-order valence-electron chi connectivity index (χ0n) is 12.2. The molecule has 0 bridgehead atoms. The molecular weight excluding hydrogens is 326 g/mol. The molecule has 0 amide bonds. The molecule has 1 aromatic heterocycles. The highest BCUT2D eigenvalue weighted by Gasteiger charge is 2.13. The molecule has 3 rings (SSSR count). The maximum Gasteiger partial charge on any atom is 0.128 e. The van der Waals surface area contributed by atoms with E-state index in [-0.39, 0.29) is 6.04 Å². The van der Waals surface area contributed by atoms with E-state index in [1.54, 1.807) is 0 Å². The number of benzene rings is 1. The van der Waals surface area contributed by atoms with Crippen molar-refractivity contribution in [2.24, 2.45) is 0 Å². The Hall–Kier alpha value is -1.55. The molecule has 1 unspecified atom stereocenters. The zero-order chi connectivity index (χ0) is 14.7. The number of halogens is 1. The van der Waals surface area contributed by atoms with Crippen molar-refractivity contribution in [3.8, 4) is 0 Å². The lowest BCUT2D eigenvalue weighted by atomic mass is 10.1. The number of nitrogens with zero attached hydrogens (tertiary/aromatic N) is 2. The van der Waals surface area contributed by atoms with E-state index < -0.39 is 0 Å². The first-order valence-electron chi connectivity index (χ1n) is 7.45. The van der Waals surface area contributed by atoms with Crippen LogP contribution >= 0.6 is 15.9 Å². The minimum absolute atomic E-state index is 0.262. The molecule has 2 heterocycles. The van der Waals surface area contributed by atoms with Crippen LogP contribution in [0.15, 0.2) is 47.1 Å². The summed E-state index contributed by atoms with van der Waals surface area (Å²) in [5.41, 5.74) is 2.33. The van der Waals surface area contributed by atoms with Crippen molar-refractivity contribution < 1.29 is 0 Å². The molecule has 1 fully saturated rings. The lowest BCUT2D eigenvalue weighted by Gasteiger charge is -2.18. The summed E-state index contributed by atoms with van der Waals surface area (Å²) >= 11 is 3.47. The second-order valence-electron chi connectivity index (χ2n) is 5.52. The Labute approximate surface area is 134 Å². The number of hydrogen-bond acceptors (Lipinski definition) is 3. The molecule has 1 N–H and O–H groups in total. The van der Waals surface area contributed by atoms with Gasteiger partial charge in [-0.05, 0) is 49.6 Å². The first-order valence-corrected chi connectivity index (χ1v) is 8.25. The zero-order valence-corrected chi connectivity index (χ0v) is 13.8. The minimum Gasteiger partial charge on any atom is -0.377 e. The van der Waals surface area contributed by atoms with E-state index in [1.807, 2.05) is 6.20 Å². The molecule has 1 aliphatic rings. The standard InChI is InChI=1S/C17H20BrN3/c1-13(14-4-6-15(18)7-5-14)20-16-8-9-17(19-12-16)21-10-2-3-11-21/h4-9,12-13,20H,2-3,10-11H2,1H3. The van der Waals surface area contributed by atoms with Crippen molar-refractivity contribution in [1.82, 2.24) is 4.98 Å². The Balaban J connectivity index is 1.65. The fourth-order valence-corrected chi connectivity index (χ4v) is 2.95. The molecule has 2 aromatic rings. The van der Waals surface area contributed by atoms with Gasteiger partial charge in [0.05, 0.1) is 11.9 Å². The lowest BCUT2D eigenvalue weighted by Crippen LogP contribution is -2.18. The Morgan fingerprint density at radius 2 is 1.81 bits per heavy atom. The van der Waals surface area contributed by atoms with Gasteiger partial charge in [0.15, 0.2) is 0 Å². The largest absolute Gasteiger partial charge is 0.377 e. The normalized spacial score (nSPS) is 16.0. The van der Waals surface area contributed by atoms with Crippen LogP contribution in [0.3, 0.4) is 0 Å². The number of anilines is 2. The van der Waals surface area contributed by atoms with Gasteiger partial charge in [0.25, 0.3) is 0 Å². The van der Waals surface area contributed by atoms with Gasteiger partial charge in [0.2, 0.25) is 0 Å². The van der Waals surface area contributed by atoms with E-state index in [0.717, 1.165) is 29.1 Å². The summed E-state index contributed by atoms with van der Waals surface area (Å²) in [6.45, 7) is 4.43. The summed E-state index contributed by atoms with van der Waals surface area (Å²) in [5, 5.41) is 3.50. The van der Waals surface area contributed by atoms with Crippen LogP contribution in [-0.4, -0.2) is 18.1 Å². The van der Waals surface area contributed by atoms with E-state index in [4.69, 9.17) is 0 Å². The van der Waals surface area contributed by atoms with Gasteiger partial charge in [-0.3, -0.25) is 0 Å². The summed E-state index contributed by atoms with van der Waals surface area (Å²) < 4.78 is 1.11. The van der Waals surface area contributed by atoms with Gasteiger partial charge >= 0.3 is 0 Å². The van der Waals surface area contributed by atoms with Gasteiger partial charge in [0, 0.05) is 23.6 Å². The Morgan fingerprint density at radius 3 is 2.43 bits per heavy atom. The van der Waals surface area contributed by atoms with Crippen LogP contribution in [0.4, 0.5) is 11.5 Å². The van der Waals surface area contributed by atoms with E-state index in [9.17, 15) is 0 Å². The van der Waals surface area contributed by atoms with Gasteiger partial charge in [0.1, 0.15) is 5.82 Å². The maximum absolute atomic E-state index is 4.58. The molecule has 3 nitrogen and oxygen atoms in total. The Kier molecular flexibility index (Phi) is 4.44. The van der Waals surface area contributed by atoms with Gasteiger partial charge in [-0.1, -0.05) is 28.1 Å². The van der Waals surface area contributed by atoms with Crippen molar-refractivity contribution >= 4 is 27.4 Å². The average molecular weight is 346 g/mol. The van der Waals surface area contributed by atoms with Crippen molar-refractivity contribution in [3.05, 3.63) is 52.6 Å². The van der Waals surface area contributed by atoms with Crippen LogP contribution < -0.4 is 10.2 Å². The van der Waals surface area contributed by atoms with Crippen LogP contribution in [0.2, 0.25) is 0 Å². The molecular formula is C17H20BrN3. The van der Waals surface area contributed by atoms with Crippen LogP contribution in [0.25, 0.3) is 0 Å².